The van der Waals surface area contributed by atoms with Crippen molar-refractivity contribution in [2.75, 3.05) is 0 Å². The first kappa shape index (κ1) is 13.8. The maximum atomic E-state index is 12.0. The van der Waals surface area contributed by atoms with Gasteiger partial charge in [0.15, 0.2) is 5.22 Å². The van der Waals surface area contributed by atoms with Gasteiger partial charge in [0.05, 0.1) is 6.54 Å². The van der Waals surface area contributed by atoms with Crippen LogP contribution in [-0.2, 0) is 13.1 Å². The lowest BCUT2D eigenvalue weighted by molar-refractivity contribution is -0.0498. The molecule has 3 nitrogen and oxygen atoms in total. The quantitative estimate of drug-likeness (QED) is 0.877. The fraction of sp³-hybridized carbons (Fsp3) is 0.231. The molecule has 0 saturated carbocycles. The van der Waals surface area contributed by atoms with Gasteiger partial charge in [0.2, 0.25) is 0 Å². The van der Waals surface area contributed by atoms with Crippen LogP contribution in [0.3, 0.4) is 0 Å². The summed E-state index contributed by atoms with van der Waals surface area (Å²) in [7, 11) is 0. The van der Waals surface area contributed by atoms with Crippen LogP contribution < -0.4 is 10.1 Å². The van der Waals surface area contributed by atoms with Crippen molar-refractivity contribution in [3.63, 3.8) is 0 Å². The summed E-state index contributed by atoms with van der Waals surface area (Å²) in [5, 5.41) is 3.50. The average Bonchev–Trinajstić information content (AvgIpc) is 2.77. The molecule has 0 spiro atoms. The number of benzene rings is 1. The molecule has 1 aromatic carbocycles. The summed E-state index contributed by atoms with van der Waals surface area (Å²) in [6.07, 6.45) is 0. The molecule has 0 aliphatic rings. The topological polar surface area (TPSA) is 34.4 Å². The largest absolute Gasteiger partial charge is 0.448 e. The average molecular weight is 288 g/mol. The van der Waals surface area contributed by atoms with Gasteiger partial charge in [-0.15, -0.1) is 0 Å². The van der Waals surface area contributed by atoms with Crippen LogP contribution in [0.1, 0.15) is 11.3 Å². The Labute approximate surface area is 114 Å². The normalized spacial score (nSPS) is 10.9. The Morgan fingerprint density at radius 2 is 1.84 bits per heavy atom. The van der Waals surface area contributed by atoms with Gasteiger partial charge in [0.25, 0.3) is 0 Å². The fourth-order valence-corrected chi connectivity index (χ4v) is 1.73. The number of ether oxygens (including phenoxy) is 1. The zero-order valence-electron chi connectivity index (χ0n) is 9.91. The first-order valence-electron chi connectivity index (χ1n) is 5.62. The SMILES string of the molecule is FC(F)Oc1ccc(CNCc2ccc(Cl)o2)cc1. The third-order valence-electron chi connectivity index (χ3n) is 2.41. The molecule has 0 saturated heterocycles. The zero-order valence-corrected chi connectivity index (χ0v) is 10.7. The minimum Gasteiger partial charge on any atom is -0.448 e. The molecule has 2 rings (SSSR count). The van der Waals surface area contributed by atoms with Gasteiger partial charge in [-0.25, -0.2) is 0 Å². The van der Waals surface area contributed by atoms with Crippen LogP contribution in [0.15, 0.2) is 40.8 Å². The molecule has 1 N–H and O–H groups in total. The number of hydrogen-bond donors (Lipinski definition) is 1. The molecule has 0 aliphatic heterocycles. The number of hydrogen-bond acceptors (Lipinski definition) is 3. The van der Waals surface area contributed by atoms with E-state index in [1.165, 1.54) is 12.1 Å². The molecule has 0 radical (unpaired) electrons. The summed E-state index contributed by atoms with van der Waals surface area (Å²) in [5.74, 6) is 0.888. The van der Waals surface area contributed by atoms with Crippen molar-refractivity contribution >= 4 is 11.6 Å². The molecule has 0 fully saturated rings. The molecule has 0 bridgehead atoms. The van der Waals surface area contributed by atoms with E-state index in [1.54, 1.807) is 24.3 Å². The third kappa shape index (κ3) is 4.54. The van der Waals surface area contributed by atoms with Crippen LogP contribution in [-0.4, -0.2) is 6.61 Å². The number of nitrogens with one attached hydrogen (secondary N) is 1. The van der Waals surface area contributed by atoms with Gasteiger partial charge in [0.1, 0.15) is 11.5 Å². The molecule has 0 atom stereocenters. The minimum atomic E-state index is -2.80. The Morgan fingerprint density at radius 1 is 1.11 bits per heavy atom. The van der Waals surface area contributed by atoms with Crippen molar-refractivity contribution in [2.24, 2.45) is 0 Å². The molecule has 0 aliphatic carbocycles. The maximum absolute atomic E-state index is 12.0. The Kier molecular flexibility index (Phi) is 4.76. The Morgan fingerprint density at radius 3 is 2.42 bits per heavy atom. The highest BCUT2D eigenvalue weighted by molar-refractivity contribution is 6.28. The molecule has 0 unspecified atom stereocenters. The van der Waals surface area contributed by atoms with Crippen LogP contribution in [0.2, 0.25) is 5.22 Å². The molecule has 2 aromatic rings. The highest BCUT2D eigenvalue weighted by atomic mass is 35.5. The lowest BCUT2D eigenvalue weighted by Gasteiger charge is -2.06. The van der Waals surface area contributed by atoms with Gasteiger partial charge in [-0.3, -0.25) is 0 Å². The predicted octanol–water partition coefficient (Wildman–Crippen LogP) is 3.82. The van der Waals surface area contributed by atoms with E-state index < -0.39 is 6.61 Å². The lowest BCUT2D eigenvalue weighted by atomic mass is 10.2. The van der Waals surface area contributed by atoms with Gasteiger partial charge in [-0.2, -0.15) is 8.78 Å². The van der Waals surface area contributed by atoms with E-state index in [0.717, 1.165) is 11.3 Å². The van der Waals surface area contributed by atoms with Crippen molar-refractivity contribution in [3.8, 4) is 5.75 Å². The number of rotatable bonds is 6. The first-order valence-corrected chi connectivity index (χ1v) is 6.00. The van der Waals surface area contributed by atoms with Crippen molar-refractivity contribution in [1.29, 1.82) is 0 Å². The Balaban J connectivity index is 1.79. The monoisotopic (exact) mass is 287 g/mol. The van der Waals surface area contributed by atoms with Crippen molar-refractivity contribution in [2.45, 2.75) is 19.7 Å². The lowest BCUT2D eigenvalue weighted by Crippen LogP contribution is -2.12. The molecule has 1 aromatic heterocycles. The van der Waals surface area contributed by atoms with Crippen LogP contribution in [0.5, 0.6) is 5.75 Å². The number of furan rings is 1. The van der Waals surface area contributed by atoms with Crippen molar-refractivity contribution in [3.05, 3.63) is 52.9 Å². The highest BCUT2D eigenvalue weighted by Crippen LogP contribution is 2.15. The highest BCUT2D eigenvalue weighted by Gasteiger charge is 2.04. The van der Waals surface area contributed by atoms with E-state index >= 15 is 0 Å². The number of alkyl halides is 2. The van der Waals surface area contributed by atoms with Crippen LogP contribution >= 0.6 is 11.6 Å². The van der Waals surface area contributed by atoms with E-state index in [2.05, 4.69) is 10.1 Å². The van der Waals surface area contributed by atoms with E-state index in [9.17, 15) is 8.78 Å². The summed E-state index contributed by atoms with van der Waals surface area (Å²) < 4.78 is 33.4. The number of halogens is 3. The summed E-state index contributed by atoms with van der Waals surface area (Å²) in [5.41, 5.74) is 0.958. The molecule has 102 valence electrons. The summed E-state index contributed by atoms with van der Waals surface area (Å²) in [4.78, 5) is 0. The second-order valence-corrected chi connectivity index (χ2v) is 4.20. The van der Waals surface area contributed by atoms with Crippen molar-refractivity contribution in [1.82, 2.24) is 5.32 Å². The van der Waals surface area contributed by atoms with Crippen LogP contribution in [0, 0.1) is 0 Å². The second-order valence-electron chi connectivity index (χ2n) is 3.83. The van der Waals surface area contributed by atoms with E-state index in [0.29, 0.717) is 18.3 Å². The van der Waals surface area contributed by atoms with E-state index in [4.69, 9.17) is 16.0 Å². The second kappa shape index (κ2) is 6.54. The zero-order chi connectivity index (χ0) is 13.7. The molecular weight excluding hydrogens is 276 g/mol. The standard InChI is InChI=1S/C13H12ClF2NO2/c14-12-6-5-11(18-12)8-17-7-9-1-3-10(4-2-9)19-13(15)16/h1-6,13,17H,7-8H2. The Hall–Kier alpha value is -1.59. The first-order chi connectivity index (χ1) is 9.13. The van der Waals surface area contributed by atoms with Gasteiger partial charge in [0, 0.05) is 6.54 Å². The van der Waals surface area contributed by atoms with Crippen LogP contribution in [0.4, 0.5) is 8.78 Å². The summed E-state index contributed by atoms with van der Waals surface area (Å²) >= 11 is 5.65. The molecule has 1 heterocycles. The van der Waals surface area contributed by atoms with Gasteiger partial charge < -0.3 is 14.5 Å². The molecule has 0 amide bonds. The van der Waals surface area contributed by atoms with E-state index in [-0.39, 0.29) is 5.75 Å². The van der Waals surface area contributed by atoms with Crippen LogP contribution in [0.25, 0.3) is 0 Å². The fourth-order valence-electron chi connectivity index (χ4n) is 1.57. The smallest absolute Gasteiger partial charge is 0.387 e. The molecule has 19 heavy (non-hydrogen) atoms. The Bertz CT molecular complexity index is 514. The predicted molar refractivity (Wildman–Crippen MR) is 67.3 cm³/mol. The van der Waals surface area contributed by atoms with Gasteiger partial charge >= 0.3 is 6.61 Å². The van der Waals surface area contributed by atoms with Gasteiger partial charge in [-0.05, 0) is 41.4 Å². The summed E-state index contributed by atoms with van der Waals surface area (Å²) in [6.45, 7) is -1.66. The van der Waals surface area contributed by atoms with Gasteiger partial charge in [-0.1, -0.05) is 12.1 Å². The summed E-state index contributed by atoms with van der Waals surface area (Å²) in [6, 6.07) is 9.92. The molecule has 6 heteroatoms. The minimum absolute atomic E-state index is 0.150. The van der Waals surface area contributed by atoms with E-state index in [1.807, 2.05) is 0 Å². The maximum Gasteiger partial charge on any atom is 0.387 e. The van der Waals surface area contributed by atoms with Crippen molar-refractivity contribution < 1.29 is 17.9 Å². The third-order valence-corrected chi connectivity index (χ3v) is 2.61. The molecular formula is C13H12ClF2NO2.